The zero-order valence-electron chi connectivity index (χ0n) is 10.3. The molecule has 0 amide bonds. The molecule has 0 unspecified atom stereocenters. The average molecular weight is 258 g/mol. The van der Waals surface area contributed by atoms with Crippen LogP contribution in [0.5, 0.6) is 0 Å². The van der Waals surface area contributed by atoms with Crippen molar-refractivity contribution in [3.8, 4) is 0 Å². The molecule has 0 bridgehead atoms. The fraction of sp³-hybridized carbons (Fsp3) is 0.636. The van der Waals surface area contributed by atoms with E-state index in [4.69, 9.17) is 9.47 Å². The van der Waals surface area contributed by atoms with Crippen molar-refractivity contribution in [1.82, 2.24) is 0 Å². The number of carbonyl (C=O) groups is 4. The molecule has 0 atom stereocenters. The van der Waals surface area contributed by atoms with Crippen LogP contribution in [-0.4, -0.2) is 36.6 Å². The second kappa shape index (κ2) is 5.16. The van der Waals surface area contributed by atoms with Gasteiger partial charge in [-0.2, -0.15) is 0 Å². The van der Waals surface area contributed by atoms with Crippen LogP contribution in [0.3, 0.4) is 0 Å². The van der Waals surface area contributed by atoms with E-state index in [1.165, 1.54) is 21.0 Å². The van der Waals surface area contributed by atoms with Gasteiger partial charge in [0.1, 0.15) is 0 Å². The largest absolute Gasteiger partial charge is 0.469 e. The third kappa shape index (κ3) is 3.28. The van der Waals surface area contributed by atoms with E-state index >= 15 is 0 Å². The number of hydrogen-bond acceptors (Lipinski definition) is 7. The SMILES string of the molecule is COC(=O)CCC(=O)C1C(=O)OC(C)(C)OC1=O. The van der Waals surface area contributed by atoms with E-state index in [-0.39, 0.29) is 12.8 Å². The van der Waals surface area contributed by atoms with Crippen LogP contribution in [0.2, 0.25) is 0 Å². The maximum atomic E-state index is 11.6. The summed E-state index contributed by atoms with van der Waals surface area (Å²) in [5.41, 5.74) is 0. The first-order valence-electron chi connectivity index (χ1n) is 5.32. The minimum atomic E-state index is -1.61. The molecule has 0 radical (unpaired) electrons. The standard InChI is InChI=1S/C11H14O7/c1-11(2)17-9(14)8(10(15)18-11)6(12)4-5-7(13)16-3/h8H,4-5H2,1-3H3. The molecule has 1 aliphatic heterocycles. The third-order valence-electron chi connectivity index (χ3n) is 2.29. The number of cyclic esters (lactones) is 2. The van der Waals surface area contributed by atoms with Gasteiger partial charge in [0.25, 0.3) is 5.79 Å². The highest BCUT2D eigenvalue weighted by Crippen LogP contribution is 2.24. The van der Waals surface area contributed by atoms with Crippen molar-refractivity contribution in [2.75, 3.05) is 7.11 Å². The molecule has 7 heteroatoms. The summed E-state index contributed by atoms with van der Waals surface area (Å²) in [4.78, 5) is 45.5. The maximum absolute atomic E-state index is 11.6. The molecule has 1 aliphatic rings. The molecule has 0 aliphatic carbocycles. The Kier molecular flexibility index (Phi) is 4.05. The lowest BCUT2D eigenvalue weighted by molar-refractivity contribution is -0.238. The fourth-order valence-electron chi connectivity index (χ4n) is 1.45. The number of hydrogen-bond donors (Lipinski definition) is 0. The highest BCUT2D eigenvalue weighted by Gasteiger charge is 2.46. The minimum Gasteiger partial charge on any atom is -0.469 e. The van der Waals surface area contributed by atoms with E-state index in [0.29, 0.717) is 0 Å². The van der Waals surface area contributed by atoms with Gasteiger partial charge >= 0.3 is 17.9 Å². The molecule has 1 fully saturated rings. The lowest BCUT2D eigenvalue weighted by atomic mass is 9.99. The molecule has 1 rings (SSSR count). The van der Waals surface area contributed by atoms with Crippen LogP contribution in [0.4, 0.5) is 0 Å². The fourth-order valence-corrected chi connectivity index (χ4v) is 1.45. The quantitative estimate of drug-likeness (QED) is 0.515. The molecule has 0 saturated carbocycles. The lowest BCUT2D eigenvalue weighted by Crippen LogP contribution is -2.49. The van der Waals surface area contributed by atoms with Crippen molar-refractivity contribution < 1.29 is 33.4 Å². The lowest BCUT2D eigenvalue weighted by Gasteiger charge is -2.32. The van der Waals surface area contributed by atoms with Crippen LogP contribution in [-0.2, 0) is 33.4 Å². The monoisotopic (exact) mass is 258 g/mol. The number of esters is 3. The molecule has 0 aromatic carbocycles. The van der Waals surface area contributed by atoms with Gasteiger partial charge in [0.15, 0.2) is 5.78 Å². The summed E-state index contributed by atoms with van der Waals surface area (Å²) in [6.07, 6.45) is -0.474. The number of ether oxygens (including phenoxy) is 3. The summed E-state index contributed by atoms with van der Waals surface area (Å²) < 4.78 is 13.9. The minimum absolute atomic E-state index is 0.199. The molecule has 7 nitrogen and oxygen atoms in total. The molecule has 0 aromatic rings. The van der Waals surface area contributed by atoms with E-state index in [9.17, 15) is 19.2 Å². The summed E-state index contributed by atoms with van der Waals surface area (Å²) >= 11 is 0. The Labute approximate surface area is 103 Å². The number of rotatable bonds is 4. The number of methoxy groups -OCH3 is 1. The Balaban J connectivity index is 2.66. The third-order valence-corrected chi connectivity index (χ3v) is 2.29. The Hall–Kier alpha value is -1.92. The normalized spacial score (nSPS) is 18.8. The molecular weight excluding hydrogens is 244 g/mol. The van der Waals surface area contributed by atoms with Gasteiger partial charge in [-0.25, -0.2) is 0 Å². The first kappa shape index (κ1) is 14.1. The highest BCUT2D eigenvalue weighted by molar-refractivity contribution is 6.16. The van der Waals surface area contributed by atoms with E-state index < -0.39 is 35.4 Å². The Morgan fingerprint density at radius 1 is 1.17 bits per heavy atom. The predicted octanol–water partition coefficient (Wildman–Crippen LogP) is -0.0390. The Morgan fingerprint density at radius 3 is 2.11 bits per heavy atom. The molecule has 100 valence electrons. The van der Waals surface area contributed by atoms with Gasteiger partial charge in [0.2, 0.25) is 5.92 Å². The molecule has 0 aromatic heterocycles. The van der Waals surface area contributed by atoms with Gasteiger partial charge in [0.05, 0.1) is 13.5 Å². The first-order chi connectivity index (χ1) is 8.26. The highest BCUT2D eigenvalue weighted by atomic mass is 16.7. The first-order valence-corrected chi connectivity index (χ1v) is 5.32. The van der Waals surface area contributed by atoms with Crippen LogP contribution in [0.1, 0.15) is 26.7 Å². The number of Topliss-reactive ketones (excluding diaryl/α,β-unsaturated/α-hetero) is 1. The summed E-state index contributed by atoms with van der Waals surface area (Å²) in [6, 6.07) is 0. The molecule has 1 heterocycles. The summed E-state index contributed by atoms with van der Waals surface area (Å²) in [5.74, 6) is -6.19. The van der Waals surface area contributed by atoms with Crippen molar-refractivity contribution in [2.24, 2.45) is 5.92 Å². The molecule has 18 heavy (non-hydrogen) atoms. The number of carbonyl (C=O) groups excluding carboxylic acids is 4. The zero-order chi connectivity index (χ0) is 13.9. The van der Waals surface area contributed by atoms with Gasteiger partial charge < -0.3 is 14.2 Å². The number of ketones is 1. The van der Waals surface area contributed by atoms with E-state index in [1.807, 2.05) is 0 Å². The van der Waals surface area contributed by atoms with Crippen LogP contribution < -0.4 is 0 Å². The topological polar surface area (TPSA) is 96.0 Å². The average Bonchev–Trinajstić information content (AvgIpc) is 2.22. The molecule has 0 N–H and O–H groups in total. The van der Waals surface area contributed by atoms with Crippen molar-refractivity contribution >= 4 is 23.7 Å². The van der Waals surface area contributed by atoms with E-state index in [2.05, 4.69) is 4.74 Å². The molecule has 1 saturated heterocycles. The predicted molar refractivity (Wildman–Crippen MR) is 56.0 cm³/mol. The van der Waals surface area contributed by atoms with Crippen LogP contribution in [0.15, 0.2) is 0 Å². The second-order valence-corrected chi connectivity index (χ2v) is 4.22. The van der Waals surface area contributed by atoms with E-state index in [1.54, 1.807) is 0 Å². The van der Waals surface area contributed by atoms with Gasteiger partial charge in [-0.05, 0) is 0 Å². The molecule has 0 spiro atoms. The van der Waals surface area contributed by atoms with Crippen molar-refractivity contribution in [1.29, 1.82) is 0 Å². The second-order valence-electron chi connectivity index (χ2n) is 4.22. The van der Waals surface area contributed by atoms with Crippen molar-refractivity contribution in [3.05, 3.63) is 0 Å². The summed E-state index contributed by atoms with van der Waals surface area (Å²) in [5, 5.41) is 0. The van der Waals surface area contributed by atoms with Gasteiger partial charge in [-0.15, -0.1) is 0 Å². The van der Waals surface area contributed by atoms with Crippen LogP contribution >= 0.6 is 0 Å². The maximum Gasteiger partial charge on any atom is 0.331 e. The van der Waals surface area contributed by atoms with Crippen LogP contribution in [0, 0.1) is 5.92 Å². The summed E-state index contributed by atoms with van der Waals surface area (Å²) in [7, 11) is 1.18. The van der Waals surface area contributed by atoms with Crippen molar-refractivity contribution in [2.45, 2.75) is 32.5 Å². The van der Waals surface area contributed by atoms with Crippen molar-refractivity contribution in [3.63, 3.8) is 0 Å². The van der Waals surface area contributed by atoms with Gasteiger partial charge in [0, 0.05) is 20.3 Å². The Bertz CT molecular complexity index is 376. The smallest absolute Gasteiger partial charge is 0.331 e. The van der Waals surface area contributed by atoms with Crippen LogP contribution in [0.25, 0.3) is 0 Å². The van der Waals surface area contributed by atoms with Gasteiger partial charge in [-0.1, -0.05) is 0 Å². The van der Waals surface area contributed by atoms with E-state index in [0.717, 1.165) is 0 Å². The molecular formula is C11H14O7. The van der Waals surface area contributed by atoms with Gasteiger partial charge in [-0.3, -0.25) is 19.2 Å². The summed E-state index contributed by atoms with van der Waals surface area (Å²) in [6.45, 7) is 2.77. The zero-order valence-corrected chi connectivity index (χ0v) is 10.3. The Morgan fingerprint density at radius 2 is 1.67 bits per heavy atom.